The fourth-order valence-electron chi connectivity index (χ4n) is 3.86. The van der Waals surface area contributed by atoms with Crippen molar-refractivity contribution in [2.45, 2.75) is 58.0 Å². The highest BCUT2D eigenvalue weighted by Gasteiger charge is 2.32. The van der Waals surface area contributed by atoms with Gasteiger partial charge < -0.3 is 10.2 Å². The van der Waals surface area contributed by atoms with Crippen LogP contribution in [0.1, 0.15) is 43.0 Å². The summed E-state index contributed by atoms with van der Waals surface area (Å²) in [6.07, 6.45) is 0.444. The van der Waals surface area contributed by atoms with Gasteiger partial charge in [0.25, 0.3) is 0 Å². The maximum atomic E-state index is 13.7. The topological polar surface area (TPSA) is 49.4 Å². The summed E-state index contributed by atoms with van der Waals surface area (Å²) in [5.41, 5.74) is 3.82. The molecule has 2 amide bonds. The number of hydrogen-bond acceptors (Lipinski definition) is 3. The maximum Gasteiger partial charge on any atom is 0.243 e. The smallest absolute Gasteiger partial charge is 0.243 e. The Kier molecular flexibility index (Phi) is 10.0. The molecule has 6 heteroatoms. The molecule has 4 nitrogen and oxygen atoms in total. The molecule has 0 aromatic heterocycles. The number of carbonyl (C=O) groups is 2. The van der Waals surface area contributed by atoms with E-state index in [9.17, 15) is 9.59 Å². The number of aryl methyl sites for hydroxylation is 1. The number of amides is 2. The molecule has 3 aromatic rings. The van der Waals surface area contributed by atoms with Gasteiger partial charge in [-0.1, -0.05) is 83.9 Å². The summed E-state index contributed by atoms with van der Waals surface area (Å²) in [5, 5.41) is 3.79. The van der Waals surface area contributed by atoms with Gasteiger partial charge >= 0.3 is 0 Å². The second-order valence-electron chi connectivity index (χ2n) is 10.1. The molecule has 0 bridgehead atoms. The van der Waals surface area contributed by atoms with E-state index in [-0.39, 0.29) is 17.6 Å². The molecule has 0 spiro atoms. The van der Waals surface area contributed by atoms with Gasteiger partial charge in [-0.05, 0) is 56.5 Å². The highest BCUT2D eigenvalue weighted by molar-refractivity contribution is 7.99. The third-order valence-corrected chi connectivity index (χ3v) is 6.85. The highest BCUT2D eigenvalue weighted by atomic mass is 35.5. The number of thioether (sulfide) groups is 1. The second kappa shape index (κ2) is 13.0. The van der Waals surface area contributed by atoms with E-state index >= 15 is 0 Å². The normalized spacial score (nSPS) is 12.1. The van der Waals surface area contributed by atoms with Crippen molar-refractivity contribution in [1.29, 1.82) is 0 Å². The third-order valence-electron chi connectivity index (χ3n) is 5.63. The molecule has 0 fully saturated rings. The van der Waals surface area contributed by atoms with Crippen LogP contribution in [0.25, 0.3) is 0 Å². The molecule has 0 unspecified atom stereocenters. The van der Waals surface area contributed by atoms with E-state index in [1.165, 1.54) is 11.8 Å². The molecule has 0 aliphatic rings. The Morgan fingerprint density at radius 3 is 2.22 bits per heavy atom. The summed E-state index contributed by atoms with van der Waals surface area (Å²) < 4.78 is 0. The van der Waals surface area contributed by atoms with Crippen LogP contribution in [0.5, 0.6) is 0 Å². The molecule has 0 saturated heterocycles. The van der Waals surface area contributed by atoms with Gasteiger partial charge in [0.2, 0.25) is 11.8 Å². The zero-order valence-electron chi connectivity index (χ0n) is 21.5. The first-order valence-corrected chi connectivity index (χ1v) is 13.7. The lowest BCUT2D eigenvalue weighted by Gasteiger charge is -2.34. The van der Waals surface area contributed by atoms with Gasteiger partial charge in [-0.3, -0.25) is 9.59 Å². The highest BCUT2D eigenvalue weighted by Crippen LogP contribution is 2.20. The van der Waals surface area contributed by atoms with Crippen LogP contribution < -0.4 is 5.32 Å². The van der Waals surface area contributed by atoms with Crippen molar-refractivity contribution >= 4 is 35.2 Å². The number of carbonyl (C=O) groups excluding carboxylic acids is 2. The van der Waals surface area contributed by atoms with Crippen LogP contribution in [0.4, 0.5) is 0 Å². The van der Waals surface area contributed by atoms with Crippen molar-refractivity contribution < 1.29 is 9.59 Å². The van der Waals surface area contributed by atoms with E-state index in [4.69, 9.17) is 11.6 Å². The summed E-state index contributed by atoms with van der Waals surface area (Å²) in [4.78, 5) is 29.0. The van der Waals surface area contributed by atoms with Gasteiger partial charge in [0.05, 0.1) is 5.75 Å². The molecule has 3 aromatic carbocycles. The maximum absolute atomic E-state index is 13.7. The minimum Gasteiger partial charge on any atom is -0.350 e. The monoisotopic (exact) mass is 522 g/mol. The minimum absolute atomic E-state index is 0.0624. The van der Waals surface area contributed by atoms with Crippen LogP contribution in [-0.2, 0) is 28.3 Å². The average Bonchev–Trinajstić information content (AvgIpc) is 2.82. The van der Waals surface area contributed by atoms with Crippen molar-refractivity contribution in [1.82, 2.24) is 10.2 Å². The molecule has 0 aliphatic carbocycles. The molecule has 0 saturated carbocycles. The Balaban J connectivity index is 1.86. The van der Waals surface area contributed by atoms with Gasteiger partial charge in [-0.15, -0.1) is 11.8 Å². The predicted molar refractivity (Wildman–Crippen MR) is 151 cm³/mol. The average molecular weight is 523 g/mol. The number of nitrogens with zero attached hydrogens (tertiary/aromatic N) is 1. The molecule has 1 N–H and O–H groups in total. The van der Waals surface area contributed by atoms with Gasteiger partial charge in [-0.25, -0.2) is 0 Å². The number of benzene rings is 3. The van der Waals surface area contributed by atoms with Crippen molar-refractivity contribution in [2.75, 3.05) is 5.75 Å². The van der Waals surface area contributed by atoms with Crippen LogP contribution >= 0.6 is 23.4 Å². The van der Waals surface area contributed by atoms with Gasteiger partial charge in [0.15, 0.2) is 0 Å². The second-order valence-corrected chi connectivity index (χ2v) is 11.5. The van der Waals surface area contributed by atoms with Crippen molar-refractivity contribution in [3.8, 4) is 0 Å². The molecule has 3 rings (SSSR count). The van der Waals surface area contributed by atoms with E-state index in [1.807, 2.05) is 107 Å². The SMILES string of the molecule is Cc1ccc(CN(C(=O)CSCc2cccc(Cl)c2)[C@@H](Cc2ccccc2)C(=O)NC(C)(C)C)cc1. The largest absolute Gasteiger partial charge is 0.350 e. The van der Waals surface area contributed by atoms with Gasteiger partial charge in [0.1, 0.15) is 6.04 Å². The van der Waals surface area contributed by atoms with Crippen LogP contribution in [0.3, 0.4) is 0 Å². The van der Waals surface area contributed by atoms with Crippen LogP contribution in [0, 0.1) is 6.92 Å². The Labute approximate surface area is 224 Å². The number of hydrogen-bond donors (Lipinski definition) is 1. The van der Waals surface area contributed by atoms with Crippen LogP contribution in [0.15, 0.2) is 78.9 Å². The molecular formula is C30H35ClN2O2S. The molecule has 0 radical (unpaired) electrons. The summed E-state index contributed by atoms with van der Waals surface area (Å²) >= 11 is 7.65. The predicted octanol–water partition coefficient (Wildman–Crippen LogP) is 6.44. The van der Waals surface area contributed by atoms with Crippen molar-refractivity contribution in [2.24, 2.45) is 0 Å². The number of nitrogens with one attached hydrogen (secondary N) is 1. The summed E-state index contributed by atoms with van der Waals surface area (Å²) in [7, 11) is 0. The lowest BCUT2D eigenvalue weighted by Crippen LogP contribution is -2.54. The zero-order valence-corrected chi connectivity index (χ0v) is 23.0. The molecule has 0 aliphatic heterocycles. The summed E-state index contributed by atoms with van der Waals surface area (Å²) in [5.74, 6) is 0.730. The zero-order chi connectivity index (χ0) is 26.1. The van der Waals surface area contributed by atoms with Crippen molar-refractivity contribution in [3.63, 3.8) is 0 Å². The third kappa shape index (κ3) is 9.03. The lowest BCUT2D eigenvalue weighted by atomic mass is 10.0. The van der Waals surface area contributed by atoms with E-state index in [0.29, 0.717) is 23.7 Å². The fourth-order valence-corrected chi connectivity index (χ4v) is 4.93. The summed E-state index contributed by atoms with van der Waals surface area (Å²) in [6, 6.07) is 25.0. The van der Waals surface area contributed by atoms with Crippen LogP contribution in [-0.4, -0.2) is 34.0 Å². The summed E-state index contributed by atoms with van der Waals surface area (Å²) in [6.45, 7) is 8.27. The van der Waals surface area contributed by atoms with E-state index in [0.717, 1.165) is 22.3 Å². The Morgan fingerprint density at radius 1 is 0.917 bits per heavy atom. The quantitative estimate of drug-likeness (QED) is 0.333. The van der Waals surface area contributed by atoms with Crippen molar-refractivity contribution in [3.05, 3.63) is 106 Å². The number of rotatable bonds is 10. The molecule has 36 heavy (non-hydrogen) atoms. The minimum atomic E-state index is -0.632. The fraction of sp³-hybridized carbons (Fsp3) is 0.333. The first kappa shape index (κ1) is 27.8. The molecule has 190 valence electrons. The Morgan fingerprint density at radius 2 is 1.58 bits per heavy atom. The van der Waals surface area contributed by atoms with E-state index < -0.39 is 11.6 Å². The number of halogens is 1. The van der Waals surface area contributed by atoms with E-state index in [2.05, 4.69) is 5.32 Å². The van der Waals surface area contributed by atoms with Crippen LogP contribution in [0.2, 0.25) is 5.02 Å². The molecular weight excluding hydrogens is 488 g/mol. The first-order chi connectivity index (χ1) is 17.1. The Hall–Kier alpha value is -2.76. The molecule has 1 atom stereocenters. The Bertz CT molecular complexity index is 1140. The lowest BCUT2D eigenvalue weighted by molar-refractivity contribution is -0.140. The molecule has 0 heterocycles. The first-order valence-electron chi connectivity index (χ1n) is 12.1. The van der Waals surface area contributed by atoms with Gasteiger partial charge in [-0.2, -0.15) is 0 Å². The van der Waals surface area contributed by atoms with E-state index in [1.54, 1.807) is 4.90 Å². The van der Waals surface area contributed by atoms with Gasteiger partial charge in [0, 0.05) is 29.3 Å². The standard InChI is InChI=1S/C30H35ClN2O2S/c1-22-13-15-24(16-14-22)19-33(28(34)21-36-20-25-11-8-12-26(31)17-25)27(29(35)32-30(2,3)4)18-23-9-6-5-7-10-23/h5-17,27H,18-21H2,1-4H3,(H,32,35)/t27-/m0/s1.